The van der Waals surface area contributed by atoms with Gasteiger partial charge in [-0.2, -0.15) is 0 Å². The molecule has 1 aromatic carbocycles. The predicted octanol–water partition coefficient (Wildman–Crippen LogP) is 1.93. The smallest absolute Gasteiger partial charge is 0.223 e. The molecule has 4 nitrogen and oxygen atoms in total. The van der Waals surface area contributed by atoms with Crippen molar-refractivity contribution < 1.29 is 19.0 Å². The number of nitrogens with one attached hydrogen (secondary N) is 1. The molecule has 2 N–H and O–H groups in total. The fraction of sp³-hybridized carbons (Fsp3) is 0.500. The summed E-state index contributed by atoms with van der Waals surface area (Å²) < 4.78 is 18.5. The minimum absolute atomic E-state index is 0.0387. The van der Waals surface area contributed by atoms with Crippen LogP contribution in [0.25, 0.3) is 0 Å². The lowest BCUT2D eigenvalue weighted by atomic mass is 10.1. The molecule has 5 heteroatoms. The third-order valence-corrected chi connectivity index (χ3v) is 2.95. The molecule has 104 valence electrons. The number of carbonyl (C=O) groups is 1. The quantitative estimate of drug-likeness (QED) is 0.828. The SMILES string of the molecule is C[C@@H](O)c1cc(F)ccc1OCCC(=O)NC1CC1. The molecule has 1 aliphatic rings. The van der Waals surface area contributed by atoms with Gasteiger partial charge in [-0.3, -0.25) is 4.79 Å². The maximum absolute atomic E-state index is 13.1. The van der Waals surface area contributed by atoms with Gasteiger partial charge in [-0.05, 0) is 38.0 Å². The average Bonchev–Trinajstić information content (AvgIpc) is 3.14. The monoisotopic (exact) mass is 267 g/mol. The van der Waals surface area contributed by atoms with E-state index in [0.717, 1.165) is 12.8 Å². The highest BCUT2D eigenvalue weighted by Crippen LogP contribution is 2.26. The van der Waals surface area contributed by atoms with Crippen molar-refractivity contribution >= 4 is 5.91 Å². The molecule has 2 rings (SSSR count). The molecule has 0 bridgehead atoms. The Hall–Kier alpha value is -1.62. The first-order valence-corrected chi connectivity index (χ1v) is 6.46. The lowest BCUT2D eigenvalue weighted by Gasteiger charge is -2.13. The van der Waals surface area contributed by atoms with E-state index >= 15 is 0 Å². The van der Waals surface area contributed by atoms with Crippen molar-refractivity contribution in [3.63, 3.8) is 0 Å². The van der Waals surface area contributed by atoms with Crippen LogP contribution in [0.1, 0.15) is 37.9 Å². The topological polar surface area (TPSA) is 58.6 Å². The molecule has 1 amide bonds. The molecule has 1 atom stereocenters. The van der Waals surface area contributed by atoms with Gasteiger partial charge in [-0.25, -0.2) is 4.39 Å². The van der Waals surface area contributed by atoms with Gasteiger partial charge in [-0.1, -0.05) is 0 Å². The molecule has 1 aliphatic carbocycles. The molecule has 1 aromatic rings. The van der Waals surface area contributed by atoms with E-state index in [0.29, 0.717) is 17.4 Å². The number of amides is 1. The van der Waals surface area contributed by atoms with Gasteiger partial charge in [0, 0.05) is 11.6 Å². The standard InChI is InChI=1S/C14H18FNO3/c1-9(17)12-8-10(15)2-5-13(12)19-7-6-14(18)16-11-3-4-11/h2,5,8-9,11,17H,3-4,6-7H2,1H3,(H,16,18)/t9-/m1/s1. The summed E-state index contributed by atoms with van der Waals surface area (Å²) >= 11 is 0. The summed E-state index contributed by atoms with van der Waals surface area (Å²) in [5, 5.41) is 12.4. The third kappa shape index (κ3) is 4.21. The molecule has 0 radical (unpaired) electrons. The number of aliphatic hydroxyl groups excluding tert-OH is 1. The summed E-state index contributed by atoms with van der Waals surface area (Å²) in [6.07, 6.45) is 1.55. The number of hydrogen-bond donors (Lipinski definition) is 2. The summed E-state index contributed by atoms with van der Waals surface area (Å²) in [7, 11) is 0. The highest BCUT2D eigenvalue weighted by atomic mass is 19.1. The number of halogens is 1. The van der Waals surface area contributed by atoms with Gasteiger partial charge in [0.15, 0.2) is 0 Å². The normalized spacial score (nSPS) is 15.9. The molecule has 0 aliphatic heterocycles. The zero-order chi connectivity index (χ0) is 13.8. The largest absolute Gasteiger partial charge is 0.493 e. The maximum atomic E-state index is 13.1. The minimum Gasteiger partial charge on any atom is -0.493 e. The second-order valence-corrected chi connectivity index (χ2v) is 4.80. The Labute approximate surface area is 111 Å². The van der Waals surface area contributed by atoms with Gasteiger partial charge >= 0.3 is 0 Å². The Kier molecular flexibility index (Phi) is 4.37. The first-order chi connectivity index (χ1) is 9.06. The van der Waals surface area contributed by atoms with Crippen LogP contribution in [0, 0.1) is 5.82 Å². The number of hydrogen-bond acceptors (Lipinski definition) is 3. The zero-order valence-corrected chi connectivity index (χ0v) is 10.9. The van der Waals surface area contributed by atoms with Crippen molar-refractivity contribution in [2.24, 2.45) is 0 Å². The van der Waals surface area contributed by atoms with Crippen molar-refractivity contribution in [2.45, 2.75) is 38.3 Å². The van der Waals surface area contributed by atoms with Crippen molar-refractivity contribution in [1.82, 2.24) is 5.32 Å². The maximum Gasteiger partial charge on any atom is 0.223 e. The number of ether oxygens (including phenoxy) is 1. The molecule has 0 saturated heterocycles. The number of carbonyl (C=O) groups excluding carboxylic acids is 1. The minimum atomic E-state index is -0.814. The van der Waals surface area contributed by atoms with Crippen LogP contribution in [0.5, 0.6) is 5.75 Å². The highest BCUT2D eigenvalue weighted by molar-refractivity contribution is 5.76. The highest BCUT2D eigenvalue weighted by Gasteiger charge is 2.23. The van der Waals surface area contributed by atoms with E-state index in [4.69, 9.17) is 4.74 Å². The van der Waals surface area contributed by atoms with Crippen molar-refractivity contribution in [3.8, 4) is 5.75 Å². The van der Waals surface area contributed by atoms with Crippen molar-refractivity contribution in [3.05, 3.63) is 29.6 Å². The van der Waals surface area contributed by atoms with Gasteiger partial charge < -0.3 is 15.2 Å². The molecular weight excluding hydrogens is 249 g/mol. The van der Waals surface area contributed by atoms with Crippen LogP contribution in [0.3, 0.4) is 0 Å². The zero-order valence-electron chi connectivity index (χ0n) is 10.9. The first kappa shape index (κ1) is 13.8. The molecule has 0 spiro atoms. The third-order valence-electron chi connectivity index (χ3n) is 2.95. The molecular formula is C14H18FNO3. The van der Waals surface area contributed by atoms with Crippen LogP contribution in [-0.2, 0) is 4.79 Å². The molecule has 19 heavy (non-hydrogen) atoms. The number of aliphatic hydroxyl groups is 1. The van der Waals surface area contributed by atoms with Crippen LogP contribution in [0.4, 0.5) is 4.39 Å². The van der Waals surface area contributed by atoms with Crippen LogP contribution < -0.4 is 10.1 Å². The molecule has 0 aromatic heterocycles. The van der Waals surface area contributed by atoms with Crippen LogP contribution >= 0.6 is 0 Å². The molecule has 1 fully saturated rings. The average molecular weight is 267 g/mol. The predicted molar refractivity (Wildman–Crippen MR) is 68.3 cm³/mol. The number of benzene rings is 1. The second kappa shape index (κ2) is 6.02. The van der Waals surface area contributed by atoms with E-state index in [-0.39, 0.29) is 18.9 Å². The van der Waals surface area contributed by atoms with Gasteiger partial charge in [0.1, 0.15) is 11.6 Å². The van der Waals surface area contributed by atoms with E-state index in [2.05, 4.69) is 5.32 Å². The summed E-state index contributed by atoms with van der Waals surface area (Å²) in [6.45, 7) is 1.76. The van der Waals surface area contributed by atoms with Crippen LogP contribution in [0.2, 0.25) is 0 Å². The Morgan fingerprint density at radius 1 is 1.58 bits per heavy atom. The van der Waals surface area contributed by atoms with E-state index in [9.17, 15) is 14.3 Å². The lowest BCUT2D eigenvalue weighted by molar-refractivity contribution is -0.121. The summed E-state index contributed by atoms with van der Waals surface area (Å²) in [5.74, 6) is -0.0476. The summed E-state index contributed by atoms with van der Waals surface area (Å²) in [6, 6.07) is 4.32. The molecule has 0 unspecified atom stereocenters. The van der Waals surface area contributed by atoms with Gasteiger partial charge in [0.2, 0.25) is 5.91 Å². The second-order valence-electron chi connectivity index (χ2n) is 4.80. The Bertz CT molecular complexity index is 458. The molecule has 0 heterocycles. The fourth-order valence-electron chi connectivity index (χ4n) is 1.76. The van der Waals surface area contributed by atoms with Gasteiger partial charge in [0.05, 0.1) is 19.1 Å². The fourth-order valence-corrected chi connectivity index (χ4v) is 1.76. The van der Waals surface area contributed by atoms with Gasteiger partial charge in [-0.15, -0.1) is 0 Å². The van der Waals surface area contributed by atoms with E-state index in [1.54, 1.807) is 6.92 Å². The van der Waals surface area contributed by atoms with E-state index in [1.165, 1.54) is 18.2 Å². The van der Waals surface area contributed by atoms with E-state index in [1.807, 2.05) is 0 Å². The van der Waals surface area contributed by atoms with Crippen LogP contribution in [0.15, 0.2) is 18.2 Å². The van der Waals surface area contributed by atoms with Crippen molar-refractivity contribution in [1.29, 1.82) is 0 Å². The lowest BCUT2D eigenvalue weighted by Crippen LogP contribution is -2.26. The Balaban J connectivity index is 1.86. The molecule has 1 saturated carbocycles. The van der Waals surface area contributed by atoms with Crippen molar-refractivity contribution in [2.75, 3.05) is 6.61 Å². The van der Waals surface area contributed by atoms with E-state index < -0.39 is 11.9 Å². The number of rotatable bonds is 6. The Morgan fingerprint density at radius 3 is 2.95 bits per heavy atom. The first-order valence-electron chi connectivity index (χ1n) is 6.46. The summed E-state index contributed by atoms with van der Waals surface area (Å²) in [4.78, 5) is 11.5. The van der Waals surface area contributed by atoms with Crippen LogP contribution in [-0.4, -0.2) is 23.7 Å². The summed E-state index contributed by atoms with van der Waals surface area (Å²) in [5.41, 5.74) is 0.391. The van der Waals surface area contributed by atoms with Gasteiger partial charge in [0.25, 0.3) is 0 Å². The Morgan fingerprint density at radius 2 is 2.32 bits per heavy atom.